The molecule has 0 heterocycles. The molecule has 1 nitrogen and oxygen atoms in total. The third-order valence-electron chi connectivity index (χ3n) is 5.08. The van der Waals surface area contributed by atoms with Gasteiger partial charge in [0.15, 0.2) is 0 Å². The highest BCUT2D eigenvalue weighted by Gasteiger charge is 2.11. The van der Waals surface area contributed by atoms with Gasteiger partial charge in [-0.1, -0.05) is 89.5 Å². The normalized spacial score (nSPS) is 12.1. The van der Waals surface area contributed by atoms with Crippen LogP contribution in [0.1, 0.15) is 102 Å². The summed E-state index contributed by atoms with van der Waals surface area (Å²) in [5, 5.41) is 0. The number of carbonyl (C=O) groups excluding carboxylic acids is 1. The van der Waals surface area contributed by atoms with E-state index in [1.54, 1.807) is 0 Å². The number of hydrogen-bond acceptors (Lipinski definition) is 1. The fourth-order valence-corrected chi connectivity index (χ4v) is 3.48. The molecule has 0 fully saturated rings. The van der Waals surface area contributed by atoms with Gasteiger partial charge in [0.2, 0.25) is 0 Å². The van der Waals surface area contributed by atoms with Gasteiger partial charge in [0.05, 0.1) is 0 Å². The topological polar surface area (TPSA) is 17.1 Å². The Morgan fingerprint density at radius 1 is 0.800 bits per heavy atom. The molecule has 0 aromatic heterocycles. The maximum absolute atomic E-state index is 11.8. The van der Waals surface area contributed by atoms with E-state index in [-0.39, 0.29) is 0 Å². The zero-order valence-corrected chi connectivity index (χ0v) is 16.8. The standard InChI is InChI=1S/C24H38O/c1-4-6-8-10-12-17-22(20-25)24(19-13-11-9-7-5-2)23-18-15-14-16-21(23)3/h14-16,18,20H,4-13,17,19H2,1-3H3/b24-22-. The van der Waals surface area contributed by atoms with Crippen molar-refractivity contribution in [1.82, 2.24) is 0 Å². The summed E-state index contributed by atoms with van der Waals surface area (Å²) in [6.45, 7) is 6.66. The van der Waals surface area contributed by atoms with Crippen LogP contribution in [0.4, 0.5) is 0 Å². The molecule has 0 N–H and O–H groups in total. The summed E-state index contributed by atoms with van der Waals surface area (Å²) in [6.07, 6.45) is 15.7. The zero-order valence-electron chi connectivity index (χ0n) is 16.8. The van der Waals surface area contributed by atoms with E-state index in [9.17, 15) is 4.79 Å². The smallest absolute Gasteiger partial charge is 0.146 e. The van der Waals surface area contributed by atoms with E-state index < -0.39 is 0 Å². The highest BCUT2D eigenvalue weighted by Crippen LogP contribution is 2.29. The van der Waals surface area contributed by atoms with Crippen molar-refractivity contribution < 1.29 is 4.79 Å². The van der Waals surface area contributed by atoms with Crippen molar-refractivity contribution in [2.24, 2.45) is 0 Å². The Morgan fingerprint density at radius 2 is 1.36 bits per heavy atom. The first-order valence-electron chi connectivity index (χ1n) is 10.5. The zero-order chi connectivity index (χ0) is 18.3. The van der Waals surface area contributed by atoms with Crippen molar-refractivity contribution in [3.8, 4) is 0 Å². The van der Waals surface area contributed by atoms with E-state index in [0.717, 1.165) is 31.1 Å². The summed E-state index contributed by atoms with van der Waals surface area (Å²) >= 11 is 0. The first-order chi connectivity index (χ1) is 12.2. The maximum atomic E-state index is 11.8. The summed E-state index contributed by atoms with van der Waals surface area (Å²) in [5.41, 5.74) is 4.92. The average Bonchev–Trinajstić information content (AvgIpc) is 2.63. The molecule has 0 aliphatic rings. The Bertz CT molecular complexity index is 513. The predicted octanol–water partition coefficient (Wildman–Crippen LogP) is 7.67. The molecule has 0 radical (unpaired) electrons. The fourth-order valence-electron chi connectivity index (χ4n) is 3.48. The first kappa shape index (κ1) is 21.7. The molecule has 0 atom stereocenters. The summed E-state index contributed by atoms with van der Waals surface area (Å²) in [4.78, 5) is 11.8. The van der Waals surface area contributed by atoms with Crippen molar-refractivity contribution in [3.05, 3.63) is 41.0 Å². The van der Waals surface area contributed by atoms with Gasteiger partial charge in [-0.2, -0.15) is 0 Å². The molecule has 0 bridgehead atoms. The molecule has 140 valence electrons. The number of hydrogen-bond donors (Lipinski definition) is 0. The molecular formula is C24H38O. The molecule has 25 heavy (non-hydrogen) atoms. The van der Waals surface area contributed by atoms with Crippen LogP contribution in [0.3, 0.4) is 0 Å². The molecule has 0 spiro atoms. The Labute approximate surface area is 155 Å². The van der Waals surface area contributed by atoms with E-state index in [4.69, 9.17) is 0 Å². The van der Waals surface area contributed by atoms with Crippen LogP contribution in [0.2, 0.25) is 0 Å². The maximum Gasteiger partial charge on any atom is 0.146 e. The highest BCUT2D eigenvalue weighted by atomic mass is 16.1. The van der Waals surface area contributed by atoms with E-state index in [0.29, 0.717) is 0 Å². The van der Waals surface area contributed by atoms with Crippen molar-refractivity contribution >= 4 is 11.9 Å². The second-order valence-corrected chi connectivity index (χ2v) is 7.26. The molecule has 1 heteroatoms. The van der Waals surface area contributed by atoms with Crippen LogP contribution in [0.15, 0.2) is 29.8 Å². The van der Waals surface area contributed by atoms with Crippen molar-refractivity contribution in [2.75, 3.05) is 0 Å². The number of unbranched alkanes of at least 4 members (excludes halogenated alkanes) is 8. The second kappa shape index (κ2) is 13.9. The Hall–Kier alpha value is -1.37. The van der Waals surface area contributed by atoms with Gasteiger partial charge in [0.25, 0.3) is 0 Å². The number of aryl methyl sites for hydroxylation is 1. The van der Waals surface area contributed by atoms with E-state index >= 15 is 0 Å². The lowest BCUT2D eigenvalue weighted by Gasteiger charge is -2.15. The van der Waals surface area contributed by atoms with Crippen LogP contribution < -0.4 is 0 Å². The molecule has 0 aliphatic carbocycles. The SMILES string of the molecule is CCCCCCC/C(C=O)=C(\CCCCCCC)c1ccccc1C. The molecule has 1 aromatic rings. The van der Waals surface area contributed by atoms with Crippen LogP contribution in [0.25, 0.3) is 5.57 Å². The van der Waals surface area contributed by atoms with Crippen LogP contribution in [0, 0.1) is 6.92 Å². The molecule has 0 unspecified atom stereocenters. The van der Waals surface area contributed by atoms with Gasteiger partial charge in [-0.15, -0.1) is 0 Å². The second-order valence-electron chi connectivity index (χ2n) is 7.26. The van der Waals surface area contributed by atoms with Gasteiger partial charge in [0.1, 0.15) is 6.29 Å². The van der Waals surface area contributed by atoms with Crippen molar-refractivity contribution in [3.63, 3.8) is 0 Å². The number of allylic oxidation sites excluding steroid dienone is 2. The summed E-state index contributed by atoms with van der Waals surface area (Å²) in [6, 6.07) is 8.54. The number of rotatable bonds is 14. The Morgan fingerprint density at radius 3 is 1.92 bits per heavy atom. The van der Waals surface area contributed by atoms with Gasteiger partial charge in [-0.25, -0.2) is 0 Å². The Balaban J connectivity index is 2.81. The average molecular weight is 343 g/mol. The molecular weight excluding hydrogens is 304 g/mol. The Kier molecular flexibility index (Phi) is 12.0. The lowest BCUT2D eigenvalue weighted by atomic mass is 9.90. The van der Waals surface area contributed by atoms with Gasteiger partial charge >= 0.3 is 0 Å². The molecule has 0 aliphatic heterocycles. The van der Waals surface area contributed by atoms with Crippen molar-refractivity contribution in [2.45, 2.75) is 97.8 Å². The summed E-state index contributed by atoms with van der Waals surface area (Å²) < 4.78 is 0. The lowest BCUT2D eigenvalue weighted by molar-refractivity contribution is -0.105. The summed E-state index contributed by atoms with van der Waals surface area (Å²) in [7, 11) is 0. The van der Waals surface area contributed by atoms with E-state index in [2.05, 4.69) is 45.0 Å². The van der Waals surface area contributed by atoms with Crippen molar-refractivity contribution in [1.29, 1.82) is 0 Å². The van der Waals surface area contributed by atoms with Crippen LogP contribution in [-0.4, -0.2) is 6.29 Å². The van der Waals surface area contributed by atoms with E-state index in [1.807, 2.05) is 0 Å². The number of aldehydes is 1. The van der Waals surface area contributed by atoms with Crippen LogP contribution in [-0.2, 0) is 4.79 Å². The van der Waals surface area contributed by atoms with Gasteiger partial charge < -0.3 is 0 Å². The van der Waals surface area contributed by atoms with Gasteiger partial charge in [-0.05, 0) is 54.9 Å². The summed E-state index contributed by atoms with van der Waals surface area (Å²) in [5.74, 6) is 0. The number of carbonyl (C=O) groups is 1. The molecule has 1 rings (SSSR count). The van der Waals surface area contributed by atoms with Gasteiger partial charge in [-0.3, -0.25) is 4.79 Å². The van der Waals surface area contributed by atoms with Crippen LogP contribution >= 0.6 is 0 Å². The lowest BCUT2D eigenvalue weighted by Crippen LogP contribution is -1.98. The third-order valence-corrected chi connectivity index (χ3v) is 5.08. The number of benzene rings is 1. The minimum atomic E-state index is 0.936. The predicted molar refractivity (Wildman–Crippen MR) is 111 cm³/mol. The minimum Gasteiger partial charge on any atom is -0.298 e. The largest absolute Gasteiger partial charge is 0.298 e. The first-order valence-corrected chi connectivity index (χ1v) is 10.5. The molecule has 0 saturated heterocycles. The molecule has 0 saturated carbocycles. The molecule has 0 amide bonds. The van der Waals surface area contributed by atoms with E-state index in [1.165, 1.54) is 74.5 Å². The molecule has 1 aromatic carbocycles. The highest BCUT2D eigenvalue weighted by molar-refractivity contribution is 5.88. The third kappa shape index (κ3) is 8.52. The monoisotopic (exact) mass is 342 g/mol. The minimum absolute atomic E-state index is 0.936. The fraction of sp³-hybridized carbons (Fsp3) is 0.625. The van der Waals surface area contributed by atoms with Gasteiger partial charge in [0, 0.05) is 0 Å². The van der Waals surface area contributed by atoms with Crippen LogP contribution in [0.5, 0.6) is 0 Å². The quantitative estimate of drug-likeness (QED) is 0.192.